The first-order valence-electron chi connectivity index (χ1n) is 18.5. The number of carbonyl (C=O) groups is 4. The minimum Gasteiger partial charge on any atom is -0.471 e. The number of para-hydroxylation sites is 1. The highest BCUT2D eigenvalue weighted by Gasteiger charge is 2.63. The molecule has 3 fully saturated rings. The molecule has 2 aliphatic carbocycles. The molecular formula is C37H45FN8O7S. The molecule has 54 heavy (non-hydrogen) atoms. The van der Waals surface area contributed by atoms with Gasteiger partial charge >= 0.3 is 0 Å². The Morgan fingerprint density at radius 1 is 1.13 bits per heavy atom. The number of rotatable bonds is 8. The molecule has 2 aromatic heterocycles. The van der Waals surface area contributed by atoms with Crippen molar-refractivity contribution in [2.75, 3.05) is 6.54 Å². The topological polar surface area (TPSA) is 195 Å². The highest BCUT2D eigenvalue weighted by atomic mass is 32.2. The Bertz CT molecular complexity index is 2140. The maximum Gasteiger partial charge on any atom is 0.272 e. The molecule has 0 bridgehead atoms. The van der Waals surface area contributed by atoms with Crippen molar-refractivity contribution in [3.63, 3.8) is 0 Å². The first-order chi connectivity index (χ1) is 25.7. The minimum atomic E-state index is -4.01. The van der Waals surface area contributed by atoms with E-state index in [-0.39, 0.29) is 36.5 Å². The Labute approximate surface area is 312 Å². The van der Waals surface area contributed by atoms with Gasteiger partial charge in [-0.3, -0.25) is 28.6 Å². The Hall–Kier alpha value is -4.93. The molecule has 1 saturated heterocycles. The number of fused-ring (bicyclic) bond motifs is 3. The van der Waals surface area contributed by atoms with Crippen LogP contribution in [0.1, 0.15) is 87.8 Å². The summed E-state index contributed by atoms with van der Waals surface area (Å²) in [6.07, 6.45) is 9.04. The highest BCUT2D eigenvalue weighted by Crippen LogP contribution is 2.47. The maximum absolute atomic E-state index is 14.8. The number of carbonyl (C=O) groups excluding carboxylic acids is 4. The van der Waals surface area contributed by atoms with Crippen LogP contribution in [0.15, 0.2) is 42.6 Å². The summed E-state index contributed by atoms with van der Waals surface area (Å²) in [7, 11) is -2.34. The lowest BCUT2D eigenvalue weighted by molar-refractivity contribution is -0.141. The van der Waals surface area contributed by atoms with Crippen molar-refractivity contribution < 1.29 is 36.7 Å². The Morgan fingerprint density at radius 2 is 1.93 bits per heavy atom. The van der Waals surface area contributed by atoms with Crippen LogP contribution in [-0.2, 0) is 37.9 Å². The average Bonchev–Trinajstić information content (AvgIpc) is 3.94. The second kappa shape index (κ2) is 14.4. The van der Waals surface area contributed by atoms with Crippen LogP contribution in [0.5, 0.6) is 5.88 Å². The monoisotopic (exact) mass is 764 g/mol. The molecular weight excluding hydrogens is 720 g/mol. The third-order valence-electron chi connectivity index (χ3n) is 11.0. The van der Waals surface area contributed by atoms with Gasteiger partial charge in [-0.25, -0.2) is 22.8 Å². The van der Waals surface area contributed by atoms with Gasteiger partial charge < -0.3 is 20.3 Å². The zero-order valence-corrected chi connectivity index (χ0v) is 31.3. The van der Waals surface area contributed by atoms with Crippen molar-refractivity contribution in [3.8, 4) is 5.88 Å². The molecule has 5 atom stereocenters. The van der Waals surface area contributed by atoms with E-state index >= 15 is 0 Å². The van der Waals surface area contributed by atoms with Crippen molar-refractivity contribution >= 4 is 44.7 Å². The largest absolute Gasteiger partial charge is 0.471 e. The SMILES string of the molecule is CCc1nc2cccc(F)c2nc1O[C@@H]1C[C@H]2C(=O)N[C@]3(C(=O)NS(=O)(=O)C4(C)CC4)C[C@H]3C=CCCCCC[C@H](NC(=O)c3ccn(C)n3)C(=O)N2C1. The predicted molar refractivity (Wildman–Crippen MR) is 194 cm³/mol. The molecule has 3 N–H and O–H groups in total. The molecule has 7 rings (SSSR count). The van der Waals surface area contributed by atoms with Gasteiger partial charge in [0, 0.05) is 25.6 Å². The molecule has 4 aliphatic rings. The number of amides is 4. The molecule has 15 nitrogen and oxygen atoms in total. The zero-order valence-electron chi connectivity index (χ0n) is 30.5. The number of allylic oxidation sites excluding steroid dienone is 1. The zero-order chi connectivity index (χ0) is 38.4. The van der Waals surface area contributed by atoms with Crippen molar-refractivity contribution in [2.24, 2.45) is 13.0 Å². The summed E-state index contributed by atoms with van der Waals surface area (Å²) in [5, 5.41) is 9.85. The van der Waals surface area contributed by atoms with Crippen LogP contribution in [0.3, 0.4) is 0 Å². The van der Waals surface area contributed by atoms with Gasteiger partial charge in [-0.2, -0.15) is 5.10 Å². The fourth-order valence-electron chi connectivity index (χ4n) is 7.26. The van der Waals surface area contributed by atoms with E-state index in [9.17, 15) is 32.0 Å². The molecule has 1 aromatic carbocycles. The van der Waals surface area contributed by atoms with Crippen LogP contribution in [-0.4, -0.2) is 91.7 Å². The van der Waals surface area contributed by atoms with Crippen LogP contribution in [0, 0.1) is 11.7 Å². The molecule has 4 heterocycles. The molecule has 0 spiro atoms. The number of halogens is 1. The molecule has 3 aromatic rings. The highest BCUT2D eigenvalue weighted by molar-refractivity contribution is 7.91. The van der Waals surface area contributed by atoms with Crippen LogP contribution in [0.2, 0.25) is 0 Å². The Balaban J connectivity index is 1.21. The van der Waals surface area contributed by atoms with Crippen LogP contribution >= 0.6 is 0 Å². The van der Waals surface area contributed by atoms with Crippen LogP contribution in [0.4, 0.5) is 4.39 Å². The average molecular weight is 765 g/mol. The third-order valence-corrected chi connectivity index (χ3v) is 13.2. The molecule has 0 unspecified atom stereocenters. The van der Waals surface area contributed by atoms with Crippen molar-refractivity contribution in [2.45, 2.75) is 107 Å². The number of aryl methyl sites for hydroxylation is 2. The first kappa shape index (κ1) is 37.4. The van der Waals surface area contributed by atoms with Crippen molar-refractivity contribution in [1.82, 2.24) is 40.0 Å². The predicted octanol–water partition coefficient (Wildman–Crippen LogP) is 2.61. The Kier molecular flexibility index (Phi) is 9.95. The number of hydrogen-bond donors (Lipinski definition) is 3. The summed E-state index contributed by atoms with van der Waals surface area (Å²) in [6.45, 7) is 3.33. The molecule has 2 aliphatic heterocycles. The maximum atomic E-state index is 14.8. The van der Waals surface area contributed by atoms with E-state index in [1.165, 1.54) is 27.8 Å². The van der Waals surface area contributed by atoms with Crippen molar-refractivity contribution in [3.05, 3.63) is 59.8 Å². The van der Waals surface area contributed by atoms with E-state index in [2.05, 4.69) is 30.4 Å². The molecule has 17 heteroatoms. The van der Waals surface area contributed by atoms with Gasteiger partial charge in [-0.05, 0) is 70.1 Å². The van der Waals surface area contributed by atoms with Gasteiger partial charge in [0.1, 0.15) is 40.6 Å². The number of aromatic nitrogens is 4. The number of nitrogens with one attached hydrogen (secondary N) is 3. The van der Waals surface area contributed by atoms with Gasteiger partial charge in [0.15, 0.2) is 5.82 Å². The van der Waals surface area contributed by atoms with E-state index in [0.29, 0.717) is 49.7 Å². The first-order valence-corrected chi connectivity index (χ1v) is 20.0. The van der Waals surface area contributed by atoms with Gasteiger partial charge in [-0.1, -0.05) is 38.0 Å². The quantitative estimate of drug-likeness (QED) is 0.287. The number of benzene rings is 1. The fourth-order valence-corrected chi connectivity index (χ4v) is 8.57. The fraction of sp³-hybridized carbons (Fsp3) is 0.541. The Morgan fingerprint density at radius 3 is 2.65 bits per heavy atom. The van der Waals surface area contributed by atoms with Gasteiger partial charge in [0.05, 0.1) is 16.8 Å². The summed E-state index contributed by atoms with van der Waals surface area (Å²) in [5.41, 5.74) is -0.598. The lowest BCUT2D eigenvalue weighted by Gasteiger charge is -2.30. The third kappa shape index (κ3) is 7.29. The summed E-state index contributed by atoms with van der Waals surface area (Å²) >= 11 is 0. The number of hydrogen-bond acceptors (Lipinski definition) is 10. The van der Waals surface area contributed by atoms with Gasteiger partial charge in [-0.15, -0.1) is 0 Å². The number of nitrogens with zero attached hydrogens (tertiary/aromatic N) is 5. The second-order valence-corrected chi connectivity index (χ2v) is 17.2. The lowest BCUT2D eigenvalue weighted by Crippen LogP contribution is -2.58. The summed E-state index contributed by atoms with van der Waals surface area (Å²) in [4.78, 5) is 66.4. The van der Waals surface area contributed by atoms with Gasteiger partial charge in [0.25, 0.3) is 11.8 Å². The molecule has 0 radical (unpaired) electrons. The van der Waals surface area contributed by atoms with Crippen LogP contribution < -0.4 is 20.1 Å². The second-order valence-electron chi connectivity index (χ2n) is 15.0. The van der Waals surface area contributed by atoms with E-state index in [4.69, 9.17) is 4.74 Å². The van der Waals surface area contributed by atoms with Gasteiger partial charge in [0.2, 0.25) is 27.7 Å². The van der Waals surface area contributed by atoms with E-state index in [1.807, 2.05) is 19.1 Å². The van der Waals surface area contributed by atoms with E-state index in [0.717, 1.165) is 12.8 Å². The molecule has 2 saturated carbocycles. The smallest absolute Gasteiger partial charge is 0.272 e. The molecule has 4 amide bonds. The standard InChI is InChI=1S/C37H45FN8O7S/c1-4-25-33(41-30-24(38)12-10-14-26(30)39-25)53-23-19-29-32(48)42-37(35(50)44-54(51,52)36(2)16-17-36)20-22(37)11-8-6-5-7-9-13-28(34(49)46(29)21-23)40-31(47)27-15-18-45(3)43-27/h8,10-12,14-15,18,22-23,28-29H,4-7,9,13,16-17,19-21H2,1-3H3,(H,40,47)(H,42,48)(H,44,50)/t22-,23-,28+,29+,37-/m1/s1. The van der Waals surface area contributed by atoms with E-state index < -0.39 is 73.9 Å². The summed E-state index contributed by atoms with van der Waals surface area (Å²) in [6, 6.07) is 3.79. The summed E-state index contributed by atoms with van der Waals surface area (Å²) in [5.74, 6) is -3.56. The van der Waals surface area contributed by atoms with Crippen LogP contribution in [0.25, 0.3) is 11.0 Å². The number of ether oxygens (including phenoxy) is 1. The normalized spacial score (nSPS) is 26.9. The lowest BCUT2D eigenvalue weighted by atomic mass is 10.0. The minimum absolute atomic E-state index is 0.0134. The number of sulfonamides is 1. The summed E-state index contributed by atoms with van der Waals surface area (Å²) < 4.78 is 50.0. The van der Waals surface area contributed by atoms with E-state index in [1.54, 1.807) is 26.2 Å². The van der Waals surface area contributed by atoms with Crippen molar-refractivity contribution in [1.29, 1.82) is 0 Å². The molecule has 288 valence electrons.